The summed E-state index contributed by atoms with van der Waals surface area (Å²) in [5.74, 6) is 0.266. The third-order valence-corrected chi connectivity index (χ3v) is 5.31. The van der Waals surface area contributed by atoms with Crippen LogP contribution in [0.4, 0.5) is 4.39 Å². The predicted molar refractivity (Wildman–Crippen MR) is 84.4 cm³/mol. The number of hydrogen-bond acceptors (Lipinski definition) is 1. The van der Waals surface area contributed by atoms with Crippen LogP contribution in [0.15, 0.2) is 24.3 Å². The fourth-order valence-corrected chi connectivity index (χ4v) is 4.02. The summed E-state index contributed by atoms with van der Waals surface area (Å²) in [5, 5.41) is 0. The van der Waals surface area contributed by atoms with Gasteiger partial charge in [-0.05, 0) is 30.9 Å². The number of halogens is 1. The van der Waals surface area contributed by atoms with Crippen LogP contribution >= 0.6 is 0 Å². The first-order valence-corrected chi connectivity index (χ1v) is 8.53. The van der Waals surface area contributed by atoms with E-state index in [0.29, 0.717) is 0 Å². The van der Waals surface area contributed by atoms with Crippen LogP contribution in [0, 0.1) is 11.7 Å². The molecule has 1 N–H and O–H groups in total. The number of nitrogens with zero attached hydrogens (tertiary/aromatic N) is 1. The quantitative estimate of drug-likeness (QED) is 0.884. The molecular formula is C18H26FN2O+. The van der Waals surface area contributed by atoms with Gasteiger partial charge in [-0.2, -0.15) is 0 Å². The molecular weight excluding hydrogens is 279 g/mol. The molecule has 2 aliphatic rings. The fraction of sp³-hybridized carbons (Fsp3) is 0.611. The molecule has 0 spiro atoms. The highest BCUT2D eigenvalue weighted by atomic mass is 19.1. The van der Waals surface area contributed by atoms with E-state index in [1.54, 1.807) is 23.1 Å². The summed E-state index contributed by atoms with van der Waals surface area (Å²) in [4.78, 5) is 15.9. The van der Waals surface area contributed by atoms with Crippen LogP contribution in [0.3, 0.4) is 0 Å². The lowest BCUT2D eigenvalue weighted by Crippen LogP contribution is -3.18. The van der Waals surface area contributed by atoms with E-state index < -0.39 is 5.82 Å². The maximum absolute atomic E-state index is 13.8. The van der Waals surface area contributed by atoms with Crippen LogP contribution in [-0.4, -0.2) is 43.0 Å². The van der Waals surface area contributed by atoms with E-state index in [9.17, 15) is 9.18 Å². The van der Waals surface area contributed by atoms with E-state index in [4.69, 9.17) is 0 Å². The van der Waals surface area contributed by atoms with Crippen molar-refractivity contribution in [2.24, 2.45) is 5.92 Å². The zero-order valence-corrected chi connectivity index (χ0v) is 13.4. The van der Waals surface area contributed by atoms with E-state index in [1.807, 2.05) is 4.90 Å². The number of rotatable bonds is 2. The lowest BCUT2D eigenvalue weighted by atomic mass is 9.86. The van der Waals surface area contributed by atoms with Gasteiger partial charge in [0, 0.05) is 6.42 Å². The molecule has 3 nitrogen and oxygen atoms in total. The number of piperazine rings is 1. The second-order valence-corrected chi connectivity index (χ2v) is 6.90. The molecule has 3 rings (SSSR count). The maximum atomic E-state index is 13.8. The van der Waals surface area contributed by atoms with Crippen LogP contribution in [-0.2, 0) is 0 Å². The fourth-order valence-electron chi connectivity index (χ4n) is 4.02. The van der Waals surface area contributed by atoms with Crippen molar-refractivity contribution in [3.05, 3.63) is 35.6 Å². The molecule has 4 heteroatoms. The molecule has 1 saturated carbocycles. The van der Waals surface area contributed by atoms with Crippen molar-refractivity contribution in [2.45, 2.75) is 38.6 Å². The van der Waals surface area contributed by atoms with E-state index >= 15 is 0 Å². The van der Waals surface area contributed by atoms with Crippen molar-refractivity contribution < 1.29 is 14.1 Å². The molecule has 0 aromatic heterocycles. The SMILES string of the molecule is C[C@@H]1CCC[C@@H]([NH+]2CCN(C(=O)c3ccccc3F)CC2)C1. The smallest absolute Gasteiger partial charge is 0.257 e. The molecule has 1 aliphatic heterocycles. The monoisotopic (exact) mass is 305 g/mol. The molecule has 1 heterocycles. The van der Waals surface area contributed by atoms with Gasteiger partial charge in [-0.3, -0.25) is 4.79 Å². The molecule has 2 atom stereocenters. The van der Waals surface area contributed by atoms with Gasteiger partial charge >= 0.3 is 0 Å². The molecule has 0 bridgehead atoms. The van der Waals surface area contributed by atoms with Crippen molar-refractivity contribution in [1.82, 2.24) is 4.90 Å². The van der Waals surface area contributed by atoms with E-state index in [2.05, 4.69) is 6.92 Å². The number of nitrogens with one attached hydrogen (secondary N) is 1. The van der Waals surface area contributed by atoms with Crippen LogP contribution in [0.5, 0.6) is 0 Å². The first-order valence-electron chi connectivity index (χ1n) is 8.53. The van der Waals surface area contributed by atoms with Gasteiger partial charge in [-0.25, -0.2) is 4.39 Å². The largest absolute Gasteiger partial charge is 0.330 e. The molecule has 120 valence electrons. The second kappa shape index (κ2) is 6.78. The van der Waals surface area contributed by atoms with Gasteiger partial charge in [0.15, 0.2) is 0 Å². The minimum atomic E-state index is -0.414. The van der Waals surface area contributed by atoms with E-state index in [1.165, 1.54) is 31.7 Å². The Morgan fingerprint density at radius 1 is 1.23 bits per heavy atom. The molecule has 0 unspecified atom stereocenters. The number of carbonyl (C=O) groups is 1. The molecule has 1 aromatic rings. The minimum absolute atomic E-state index is 0.158. The van der Waals surface area contributed by atoms with Gasteiger partial charge in [0.05, 0.1) is 37.8 Å². The summed E-state index contributed by atoms with van der Waals surface area (Å²) in [7, 11) is 0. The van der Waals surface area contributed by atoms with Crippen molar-refractivity contribution in [1.29, 1.82) is 0 Å². The number of carbonyl (C=O) groups excluding carboxylic acids is 1. The van der Waals surface area contributed by atoms with Crippen LogP contribution in [0.25, 0.3) is 0 Å². The standard InChI is InChI=1S/C18H25FN2O/c1-14-5-4-6-15(13-14)20-9-11-21(12-10-20)18(22)16-7-2-3-8-17(16)19/h2-3,7-8,14-15H,4-6,9-13H2,1H3/p+1/t14-,15-/m1/s1. The van der Waals surface area contributed by atoms with Crippen molar-refractivity contribution >= 4 is 5.91 Å². The van der Waals surface area contributed by atoms with Gasteiger partial charge in [0.2, 0.25) is 0 Å². The Morgan fingerprint density at radius 3 is 2.64 bits per heavy atom. The normalized spacial score (nSPS) is 26.9. The third-order valence-electron chi connectivity index (χ3n) is 5.31. The summed E-state index contributed by atoms with van der Waals surface area (Å²) in [6.07, 6.45) is 5.34. The highest BCUT2D eigenvalue weighted by Gasteiger charge is 2.32. The average molecular weight is 305 g/mol. The number of amides is 1. The summed E-state index contributed by atoms with van der Waals surface area (Å²) in [6, 6.07) is 7.05. The zero-order chi connectivity index (χ0) is 15.5. The molecule has 2 fully saturated rings. The molecule has 1 amide bonds. The highest BCUT2D eigenvalue weighted by molar-refractivity contribution is 5.94. The summed E-state index contributed by atoms with van der Waals surface area (Å²) in [6.45, 7) is 5.83. The molecule has 0 radical (unpaired) electrons. The first kappa shape index (κ1) is 15.5. The van der Waals surface area contributed by atoms with Crippen molar-refractivity contribution in [3.63, 3.8) is 0 Å². The molecule has 1 saturated heterocycles. The lowest BCUT2D eigenvalue weighted by molar-refractivity contribution is -0.930. The lowest BCUT2D eigenvalue weighted by Gasteiger charge is -2.39. The van der Waals surface area contributed by atoms with E-state index in [0.717, 1.165) is 38.1 Å². The number of quaternary nitrogens is 1. The molecule has 1 aliphatic carbocycles. The third kappa shape index (κ3) is 3.32. The van der Waals surface area contributed by atoms with Gasteiger partial charge in [0.1, 0.15) is 5.82 Å². The van der Waals surface area contributed by atoms with Crippen LogP contribution in [0.1, 0.15) is 43.0 Å². The highest BCUT2D eigenvalue weighted by Crippen LogP contribution is 2.22. The van der Waals surface area contributed by atoms with Gasteiger partial charge < -0.3 is 9.80 Å². The Kier molecular flexibility index (Phi) is 4.77. The van der Waals surface area contributed by atoms with Gasteiger partial charge in [-0.15, -0.1) is 0 Å². The second-order valence-electron chi connectivity index (χ2n) is 6.90. The van der Waals surface area contributed by atoms with Crippen molar-refractivity contribution in [2.75, 3.05) is 26.2 Å². The Labute approximate surface area is 132 Å². The molecule has 1 aromatic carbocycles. The number of benzene rings is 1. The average Bonchev–Trinajstić information content (AvgIpc) is 2.55. The zero-order valence-electron chi connectivity index (χ0n) is 13.4. The Hall–Kier alpha value is -1.42. The minimum Gasteiger partial charge on any atom is -0.330 e. The topological polar surface area (TPSA) is 24.8 Å². The Balaban J connectivity index is 1.57. The predicted octanol–water partition coefficient (Wildman–Crippen LogP) is 1.75. The van der Waals surface area contributed by atoms with Crippen molar-refractivity contribution in [3.8, 4) is 0 Å². The van der Waals surface area contributed by atoms with Gasteiger partial charge in [0.25, 0.3) is 5.91 Å². The Morgan fingerprint density at radius 2 is 1.95 bits per heavy atom. The summed E-state index contributed by atoms with van der Waals surface area (Å²) in [5.41, 5.74) is 0.206. The summed E-state index contributed by atoms with van der Waals surface area (Å²) >= 11 is 0. The van der Waals surface area contributed by atoms with Gasteiger partial charge in [-0.1, -0.05) is 25.5 Å². The van der Waals surface area contributed by atoms with E-state index in [-0.39, 0.29) is 11.5 Å². The van der Waals surface area contributed by atoms with Crippen LogP contribution < -0.4 is 4.90 Å². The number of hydrogen-bond donors (Lipinski definition) is 1. The maximum Gasteiger partial charge on any atom is 0.257 e. The summed E-state index contributed by atoms with van der Waals surface area (Å²) < 4.78 is 13.8. The molecule has 22 heavy (non-hydrogen) atoms. The Bertz CT molecular complexity index is 526. The van der Waals surface area contributed by atoms with Crippen LogP contribution in [0.2, 0.25) is 0 Å². The first-order chi connectivity index (χ1) is 10.6.